The second kappa shape index (κ2) is 9.62. The monoisotopic (exact) mass is 471 g/mol. The molecule has 2 atom stereocenters. The summed E-state index contributed by atoms with van der Waals surface area (Å²) in [6.07, 6.45) is 5.58. The number of ether oxygens (including phenoxy) is 1. The third-order valence-electron chi connectivity index (χ3n) is 6.22. The summed E-state index contributed by atoms with van der Waals surface area (Å²) in [6.45, 7) is 2.00. The molecule has 1 aliphatic rings. The minimum Gasteiger partial charge on any atom is -0.350 e. The number of nitrogens with one attached hydrogen (secondary N) is 1. The van der Waals surface area contributed by atoms with E-state index in [1.165, 1.54) is 6.92 Å². The van der Waals surface area contributed by atoms with Crippen molar-refractivity contribution in [3.8, 4) is 5.69 Å². The topological polar surface area (TPSA) is 99.5 Å². The van der Waals surface area contributed by atoms with Crippen molar-refractivity contribution in [3.05, 3.63) is 60.3 Å². The number of hydroxylamine groups is 1. The molecular weight excluding hydrogens is 442 g/mol. The lowest BCUT2D eigenvalue weighted by Gasteiger charge is -2.28. The summed E-state index contributed by atoms with van der Waals surface area (Å²) in [6, 6.07) is 15.6. The van der Waals surface area contributed by atoms with E-state index in [0.29, 0.717) is 19.4 Å². The van der Waals surface area contributed by atoms with Crippen molar-refractivity contribution in [2.45, 2.75) is 50.1 Å². The minimum atomic E-state index is -3.70. The average molecular weight is 472 g/mol. The minimum absolute atomic E-state index is 0.123. The van der Waals surface area contributed by atoms with Crippen LogP contribution in [0.25, 0.3) is 16.6 Å². The van der Waals surface area contributed by atoms with Crippen LogP contribution in [0.2, 0.25) is 0 Å². The Hall–Kier alpha value is -2.75. The molecule has 0 aliphatic carbocycles. The van der Waals surface area contributed by atoms with E-state index in [1.807, 2.05) is 59.4 Å². The summed E-state index contributed by atoms with van der Waals surface area (Å²) in [5, 5.41) is 5.63. The number of carbonyl (C=O) groups excluding carboxylic acids is 1. The normalized spacial score (nSPS) is 18.7. The first kappa shape index (κ1) is 23.4. The Morgan fingerprint density at radius 1 is 1.21 bits per heavy atom. The van der Waals surface area contributed by atoms with Gasteiger partial charge >= 0.3 is 0 Å². The number of benzene rings is 2. The Morgan fingerprint density at radius 3 is 2.64 bits per heavy atom. The summed E-state index contributed by atoms with van der Waals surface area (Å²) < 4.78 is 30.7. The van der Waals surface area contributed by atoms with E-state index < -0.39 is 26.8 Å². The van der Waals surface area contributed by atoms with Crippen LogP contribution in [0.3, 0.4) is 0 Å². The molecule has 1 fully saturated rings. The standard InChI is InChI=1S/C24H29N3O5S/c1-24(33(2,29)30,23(28)26-32-22-9-5-6-16-31-22)15-14-18-10-12-20(13-11-18)27-17-19-7-3-4-8-21(19)25-27/h3-4,7-8,10-13,17,22H,5-6,9,14-16H2,1-2H3,(H,26,28). The van der Waals surface area contributed by atoms with Gasteiger partial charge in [0.2, 0.25) is 0 Å². The highest BCUT2D eigenvalue weighted by Crippen LogP contribution is 2.25. The number of hydrogen-bond donors (Lipinski definition) is 1. The molecule has 0 spiro atoms. The first-order valence-corrected chi connectivity index (χ1v) is 13.0. The highest BCUT2D eigenvalue weighted by Gasteiger charge is 2.43. The van der Waals surface area contributed by atoms with Crippen molar-refractivity contribution in [2.24, 2.45) is 0 Å². The van der Waals surface area contributed by atoms with Crippen LogP contribution in [-0.4, -0.2) is 48.0 Å². The van der Waals surface area contributed by atoms with E-state index in [9.17, 15) is 13.2 Å². The SMILES string of the molecule is CC(CCc1ccc(-n2cc3ccccc3n2)cc1)(C(=O)NOC1CCCCO1)S(C)(=O)=O. The molecule has 4 rings (SSSR count). The first-order valence-electron chi connectivity index (χ1n) is 11.1. The van der Waals surface area contributed by atoms with Gasteiger partial charge in [-0.15, -0.1) is 0 Å². The molecule has 1 N–H and O–H groups in total. The second-order valence-electron chi connectivity index (χ2n) is 8.65. The predicted molar refractivity (Wildman–Crippen MR) is 125 cm³/mol. The molecule has 0 saturated carbocycles. The van der Waals surface area contributed by atoms with Gasteiger partial charge in [-0.2, -0.15) is 5.10 Å². The third kappa shape index (κ3) is 5.26. The van der Waals surface area contributed by atoms with Crippen LogP contribution in [-0.2, 0) is 30.6 Å². The number of nitrogens with zero attached hydrogens (tertiary/aromatic N) is 2. The summed E-state index contributed by atoms with van der Waals surface area (Å²) >= 11 is 0. The molecule has 2 unspecified atom stereocenters. The molecule has 8 nitrogen and oxygen atoms in total. The Balaban J connectivity index is 1.42. The van der Waals surface area contributed by atoms with Crippen LogP contribution in [0.4, 0.5) is 0 Å². The van der Waals surface area contributed by atoms with Gasteiger partial charge in [0.25, 0.3) is 5.91 Å². The first-order chi connectivity index (χ1) is 15.8. The average Bonchev–Trinajstić information content (AvgIpc) is 3.25. The highest BCUT2D eigenvalue weighted by atomic mass is 32.2. The molecule has 1 saturated heterocycles. The Morgan fingerprint density at radius 2 is 1.97 bits per heavy atom. The Kier molecular flexibility index (Phi) is 6.83. The van der Waals surface area contributed by atoms with Crippen molar-refractivity contribution < 1.29 is 22.8 Å². The maximum absolute atomic E-state index is 12.8. The fraction of sp³-hybridized carbons (Fsp3) is 0.417. The fourth-order valence-corrected chi connectivity index (χ4v) is 4.64. The maximum atomic E-state index is 12.8. The van der Waals surface area contributed by atoms with E-state index >= 15 is 0 Å². The number of fused-ring (bicyclic) bond motifs is 1. The largest absolute Gasteiger partial charge is 0.350 e. The molecule has 176 valence electrons. The molecule has 0 radical (unpaired) electrons. The molecule has 0 bridgehead atoms. The quantitative estimate of drug-likeness (QED) is 0.506. The van der Waals surface area contributed by atoms with Gasteiger partial charge in [-0.3, -0.25) is 4.79 Å². The van der Waals surface area contributed by atoms with Crippen LogP contribution in [0.5, 0.6) is 0 Å². The summed E-state index contributed by atoms with van der Waals surface area (Å²) in [7, 11) is -3.70. The van der Waals surface area contributed by atoms with Gasteiger partial charge < -0.3 is 4.74 Å². The van der Waals surface area contributed by atoms with E-state index in [-0.39, 0.29) is 6.42 Å². The van der Waals surface area contributed by atoms with Gasteiger partial charge in [-0.25, -0.2) is 23.4 Å². The Labute approximate surface area is 193 Å². The lowest BCUT2D eigenvalue weighted by molar-refractivity contribution is -0.201. The lowest BCUT2D eigenvalue weighted by atomic mass is 9.99. The zero-order valence-electron chi connectivity index (χ0n) is 18.9. The number of amides is 1. The van der Waals surface area contributed by atoms with Crippen molar-refractivity contribution in [1.82, 2.24) is 15.3 Å². The number of aromatic nitrogens is 2. The van der Waals surface area contributed by atoms with Crippen LogP contribution < -0.4 is 5.48 Å². The molecule has 2 heterocycles. The van der Waals surface area contributed by atoms with Gasteiger partial charge in [0.1, 0.15) is 4.75 Å². The molecule has 33 heavy (non-hydrogen) atoms. The highest BCUT2D eigenvalue weighted by molar-refractivity contribution is 7.92. The summed E-state index contributed by atoms with van der Waals surface area (Å²) in [4.78, 5) is 18.1. The number of sulfone groups is 1. The number of rotatable bonds is 8. The van der Waals surface area contributed by atoms with Crippen LogP contribution in [0, 0.1) is 0 Å². The van der Waals surface area contributed by atoms with Crippen LogP contribution >= 0.6 is 0 Å². The third-order valence-corrected chi connectivity index (χ3v) is 8.25. The molecule has 3 aromatic rings. The molecule has 1 aromatic heterocycles. The zero-order valence-corrected chi connectivity index (χ0v) is 19.7. The maximum Gasteiger partial charge on any atom is 0.264 e. The molecular formula is C24H29N3O5S. The molecule has 9 heteroatoms. The molecule has 1 aliphatic heterocycles. The predicted octanol–water partition coefficient (Wildman–Crippen LogP) is 3.34. The van der Waals surface area contributed by atoms with Crippen molar-refractivity contribution in [1.29, 1.82) is 0 Å². The van der Waals surface area contributed by atoms with E-state index in [4.69, 9.17) is 9.57 Å². The van der Waals surface area contributed by atoms with Gasteiger partial charge in [-0.1, -0.05) is 30.3 Å². The van der Waals surface area contributed by atoms with Gasteiger partial charge in [-0.05, 0) is 56.4 Å². The van der Waals surface area contributed by atoms with Crippen molar-refractivity contribution in [3.63, 3.8) is 0 Å². The molecule has 2 aromatic carbocycles. The van der Waals surface area contributed by atoms with Crippen molar-refractivity contribution in [2.75, 3.05) is 12.9 Å². The van der Waals surface area contributed by atoms with Gasteiger partial charge in [0.15, 0.2) is 16.1 Å². The van der Waals surface area contributed by atoms with Crippen LogP contribution in [0.15, 0.2) is 54.7 Å². The van der Waals surface area contributed by atoms with E-state index in [0.717, 1.165) is 41.3 Å². The smallest absolute Gasteiger partial charge is 0.264 e. The number of carbonyl (C=O) groups is 1. The number of hydrogen-bond acceptors (Lipinski definition) is 6. The second-order valence-corrected chi connectivity index (χ2v) is 11.1. The number of aryl methyl sites for hydroxylation is 1. The van der Waals surface area contributed by atoms with Crippen LogP contribution in [0.1, 0.15) is 38.2 Å². The van der Waals surface area contributed by atoms with Gasteiger partial charge in [0, 0.05) is 30.9 Å². The fourth-order valence-electron chi connectivity index (χ4n) is 3.79. The van der Waals surface area contributed by atoms with Crippen molar-refractivity contribution >= 4 is 26.6 Å². The summed E-state index contributed by atoms with van der Waals surface area (Å²) in [5.41, 5.74) is 5.07. The zero-order chi connectivity index (χ0) is 23.5. The van der Waals surface area contributed by atoms with E-state index in [1.54, 1.807) is 0 Å². The van der Waals surface area contributed by atoms with E-state index in [2.05, 4.69) is 10.6 Å². The van der Waals surface area contributed by atoms with Gasteiger partial charge in [0.05, 0.1) is 11.2 Å². The molecule has 1 amide bonds. The lowest BCUT2D eigenvalue weighted by Crippen LogP contribution is -2.51. The summed E-state index contributed by atoms with van der Waals surface area (Å²) in [5.74, 6) is -0.681. The Bertz CT molecular complexity index is 1180.